The van der Waals surface area contributed by atoms with E-state index < -0.39 is 11.7 Å². The van der Waals surface area contributed by atoms with Crippen molar-refractivity contribution in [1.29, 1.82) is 0 Å². The number of hydrogen-bond acceptors (Lipinski definition) is 2. The number of anilines is 1. The van der Waals surface area contributed by atoms with Crippen LogP contribution in [0.1, 0.15) is 22.8 Å². The lowest BCUT2D eigenvalue weighted by atomic mass is 10.1. The molecule has 0 saturated heterocycles. The number of rotatable bonds is 4. The summed E-state index contributed by atoms with van der Waals surface area (Å²) in [4.78, 5) is 12.1. The van der Waals surface area contributed by atoms with Gasteiger partial charge in [-0.1, -0.05) is 6.07 Å². The third-order valence-electron chi connectivity index (χ3n) is 2.95. The lowest BCUT2D eigenvalue weighted by Gasteiger charge is -2.11. The Balaban J connectivity index is 2.22. The zero-order valence-corrected chi connectivity index (χ0v) is 13.3. The van der Waals surface area contributed by atoms with Crippen molar-refractivity contribution < 1.29 is 13.9 Å². The molecular formula is C16H15BrFNO2. The van der Waals surface area contributed by atoms with Crippen molar-refractivity contribution in [3.8, 4) is 5.75 Å². The molecule has 5 heteroatoms. The van der Waals surface area contributed by atoms with Crippen LogP contribution >= 0.6 is 15.9 Å². The number of carbonyl (C=O) groups excluding carboxylic acids is 1. The van der Waals surface area contributed by atoms with E-state index in [4.69, 9.17) is 4.74 Å². The number of ether oxygens (including phenoxy) is 1. The molecule has 2 aromatic rings. The summed E-state index contributed by atoms with van der Waals surface area (Å²) < 4.78 is 19.5. The molecule has 0 radical (unpaired) electrons. The highest BCUT2D eigenvalue weighted by atomic mass is 79.9. The van der Waals surface area contributed by atoms with Gasteiger partial charge in [0.15, 0.2) is 0 Å². The summed E-state index contributed by atoms with van der Waals surface area (Å²) in [6.45, 7) is 4.34. The van der Waals surface area contributed by atoms with E-state index in [0.717, 1.165) is 11.3 Å². The molecule has 0 aromatic heterocycles. The number of hydrogen-bond donors (Lipinski definition) is 1. The second-order valence-electron chi connectivity index (χ2n) is 4.47. The smallest absolute Gasteiger partial charge is 0.258 e. The average Bonchev–Trinajstić information content (AvgIpc) is 2.45. The molecule has 1 amide bonds. The Labute approximate surface area is 131 Å². The summed E-state index contributed by atoms with van der Waals surface area (Å²) in [5.41, 5.74) is 1.48. The number of aryl methyl sites for hydroxylation is 1. The average molecular weight is 352 g/mol. The first-order valence-electron chi connectivity index (χ1n) is 6.51. The van der Waals surface area contributed by atoms with Crippen LogP contribution in [0.25, 0.3) is 0 Å². The maximum Gasteiger partial charge on any atom is 0.258 e. The largest absolute Gasteiger partial charge is 0.494 e. The molecule has 0 spiro atoms. The van der Waals surface area contributed by atoms with Crippen LogP contribution in [-0.4, -0.2) is 12.5 Å². The third-order valence-corrected chi connectivity index (χ3v) is 3.57. The second kappa shape index (κ2) is 6.72. The minimum Gasteiger partial charge on any atom is -0.494 e. The van der Waals surface area contributed by atoms with Gasteiger partial charge in [0, 0.05) is 5.69 Å². The Morgan fingerprint density at radius 1 is 1.33 bits per heavy atom. The molecule has 0 fully saturated rings. The highest BCUT2D eigenvalue weighted by Crippen LogP contribution is 2.23. The maximum absolute atomic E-state index is 13.9. The Kier molecular flexibility index (Phi) is 4.96. The van der Waals surface area contributed by atoms with E-state index in [1.54, 1.807) is 24.3 Å². The van der Waals surface area contributed by atoms with E-state index in [0.29, 0.717) is 12.3 Å². The van der Waals surface area contributed by atoms with Crippen molar-refractivity contribution >= 4 is 27.5 Å². The van der Waals surface area contributed by atoms with Crippen LogP contribution in [-0.2, 0) is 0 Å². The van der Waals surface area contributed by atoms with Gasteiger partial charge < -0.3 is 10.1 Å². The minimum atomic E-state index is -0.571. The molecule has 0 bridgehead atoms. The molecule has 0 aliphatic carbocycles. The fraction of sp³-hybridized carbons (Fsp3) is 0.188. The minimum absolute atomic E-state index is 0.00217. The molecule has 2 aromatic carbocycles. The van der Waals surface area contributed by atoms with Gasteiger partial charge in [-0.15, -0.1) is 0 Å². The van der Waals surface area contributed by atoms with Gasteiger partial charge in [0.25, 0.3) is 5.91 Å². The van der Waals surface area contributed by atoms with E-state index in [1.165, 1.54) is 6.07 Å². The Bertz CT molecular complexity index is 673. The number of halogens is 2. The summed E-state index contributed by atoms with van der Waals surface area (Å²) >= 11 is 3.07. The molecule has 0 saturated carbocycles. The zero-order chi connectivity index (χ0) is 15.4. The van der Waals surface area contributed by atoms with Crippen molar-refractivity contribution in [2.45, 2.75) is 13.8 Å². The molecule has 2 rings (SSSR count). The lowest BCUT2D eigenvalue weighted by Crippen LogP contribution is -2.14. The van der Waals surface area contributed by atoms with Gasteiger partial charge >= 0.3 is 0 Å². The predicted molar refractivity (Wildman–Crippen MR) is 84.4 cm³/mol. The number of carbonyl (C=O) groups is 1. The molecule has 0 heterocycles. The first-order valence-corrected chi connectivity index (χ1v) is 7.31. The van der Waals surface area contributed by atoms with Gasteiger partial charge in [-0.3, -0.25) is 4.79 Å². The van der Waals surface area contributed by atoms with Crippen molar-refractivity contribution in [1.82, 2.24) is 0 Å². The SMILES string of the molecule is CCOc1ccc(NC(=O)c2cccc(Br)c2F)c(C)c1. The molecule has 21 heavy (non-hydrogen) atoms. The summed E-state index contributed by atoms with van der Waals surface area (Å²) in [5, 5.41) is 2.71. The van der Waals surface area contributed by atoms with Crippen LogP contribution in [0, 0.1) is 12.7 Å². The zero-order valence-electron chi connectivity index (χ0n) is 11.7. The second-order valence-corrected chi connectivity index (χ2v) is 5.32. The monoisotopic (exact) mass is 351 g/mol. The molecule has 0 unspecified atom stereocenters. The van der Waals surface area contributed by atoms with Gasteiger partial charge in [-0.25, -0.2) is 4.39 Å². The normalized spacial score (nSPS) is 10.3. The molecule has 110 valence electrons. The van der Waals surface area contributed by atoms with Crippen molar-refractivity contribution in [2.24, 2.45) is 0 Å². The Hall–Kier alpha value is -1.88. The van der Waals surface area contributed by atoms with E-state index in [-0.39, 0.29) is 10.0 Å². The molecule has 0 atom stereocenters. The van der Waals surface area contributed by atoms with Crippen LogP contribution in [0.3, 0.4) is 0 Å². The van der Waals surface area contributed by atoms with Crippen molar-refractivity contribution in [3.05, 3.63) is 57.8 Å². The molecule has 1 N–H and O–H groups in total. The molecule has 3 nitrogen and oxygen atoms in total. The first kappa shape index (κ1) is 15.5. The number of nitrogens with one attached hydrogen (secondary N) is 1. The first-order chi connectivity index (χ1) is 10.0. The number of benzene rings is 2. The van der Waals surface area contributed by atoms with Crippen molar-refractivity contribution in [2.75, 3.05) is 11.9 Å². The standard InChI is InChI=1S/C16H15BrFNO2/c1-3-21-11-7-8-14(10(2)9-11)19-16(20)12-5-4-6-13(17)15(12)18/h4-9H,3H2,1-2H3,(H,19,20). The van der Waals surface area contributed by atoms with E-state index in [2.05, 4.69) is 21.2 Å². The van der Waals surface area contributed by atoms with Gasteiger partial charge in [-0.2, -0.15) is 0 Å². The van der Waals surface area contributed by atoms with Crippen LogP contribution in [0.2, 0.25) is 0 Å². The summed E-state index contributed by atoms with van der Waals surface area (Å²) in [6.07, 6.45) is 0. The fourth-order valence-corrected chi connectivity index (χ4v) is 2.27. The Morgan fingerprint density at radius 3 is 2.76 bits per heavy atom. The summed E-state index contributed by atoms with van der Waals surface area (Å²) in [7, 11) is 0. The Morgan fingerprint density at radius 2 is 2.10 bits per heavy atom. The summed E-state index contributed by atoms with van der Waals surface area (Å²) in [5.74, 6) is -0.318. The number of amides is 1. The van der Waals surface area contributed by atoms with Gasteiger partial charge in [0.05, 0.1) is 16.6 Å². The van der Waals surface area contributed by atoms with Crippen LogP contribution in [0.4, 0.5) is 10.1 Å². The topological polar surface area (TPSA) is 38.3 Å². The van der Waals surface area contributed by atoms with E-state index in [9.17, 15) is 9.18 Å². The van der Waals surface area contributed by atoms with Crippen LogP contribution < -0.4 is 10.1 Å². The third kappa shape index (κ3) is 3.61. The predicted octanol–water partition coefficient (Wildman–Crippen LogP) is 4.55. The maximum atomic E-state index is 13.9. The van der Waals surface area contributed by atoms with Gasteiger partial charge in [-0.05, 0) is 65.7 Å². The quantitative estimate of drug-likeness (QED) is 0.877. The fourth-order valence-electron chi connectivity index (χ4n) is 1.90. The van der Waals surface area contributed by atoms with Crippen molar-refractivity contribution in [3.63, 3.8) is 0 Å². The van der Waals surface area contributed by atoms with Crippen LogP contribution in [0.5, 0.6) is 5.75 Å². The molecular weight excluding hydrogens is 337 g/mol. The highest BCUT2D eigenvalue weighted by molar-refractivity contribution is 9.10. The highest BCUT2D eigenvalue weighted by Gasteiger charge is 2.14. The van der Waals surface area contributed by atoms with Gasteiger partial charge in [0.1, 0.15) is 11.6 Å². The molecule has 0 aliphatic heterocycles. The van der Waals surface area contributed by atoms with E-state index in [1.807, 2.05) is 19.9 Å². The lowest BCUT2D eigenvalue weighted by molar-refractivity contribution is 0.102. The van der Waals surface area contributed by atoms with E-state index >= 15 is 0 Å². The summed E-state index contributed by atoms with van der Waals surface area (Å²) in [6, 6.07) is 9.95. The molecule has 0 aliphatic rings. The van der Waals surface area contributed by atoms with Crippen LogP contribution in [0.15, 0.2) is 40.9 Å². The van der Waals surface area contributed by atoms with Gasteiger partial charge in [0.2, 0.25) is 0 Å².